The zero-order valence-corrected chi connectivity index (χ0v) is 12.4. The van der Waals surface area contributed by atoms with E-state index in [4.69, 9.17) is 0 Å². The van der Waals surface area contributed by atoms with E-state index in [1.54, 1.807) is 0 Å². The van der Waals surface area contributed by atoms with Crippen molar-refractivity contribution < 1.29 is 82.3 Å². The van der Waals surface area contributed by atoms with Crippen molar-refractivity contribution in [2.75, 3.05) is 0 Å². The predicted octanol–water partition coefficient (Wildman–Crippen LogP) is -0.712. The third kappa shape index (κ3) is 16.2. The molecule has 0 aromatic carbocycles. The summed E-state index contributed by atoms with van der Waals surface area (Å²) in [4.78, 5) is 3.19. The van der Waals surface area contributed by atoms with E-state index in [0.29, 0.717) is 0 Å². The molecule has 0 aliphatic rings. The minimum Gasteiger partial charge on any atom is -0.618 e. The summed E-state index contributed by atoms with van der Waals surface area (Å²) >= 11 is 0. The molecule has 1 rings (SSSR count). The van der Waals surface area contributed by atoms with Crippen LogP contribution in [-0.4, -0.2) is 15.6 Å². The molecule has 7 heteroatoms. The zero-order chi connectivity index (χ0) is 3.54. The van der Waals surface area contributed by atoms with Crippen molar-refractivity contribution in [3.8, 4) is 0 Å². The van der Waals surface area contributed by atoms with Crippen molar-refractivity contribution in [1.82, 2.24) is 10.1 Å². The Kier molecular flexibility index (Phi) is 67.4. The minimum absolute atomic E-state index is 0. The first kappa shape index (κ1) is 30.0. The molecule has 2 N–H and O–H groups in total. The topological polar surface area (TPSA) is 70.4 Å². The average Bonchev–Trinajstić information content (AvgIpc) is 1.76. The van der Waals surface area contributed by atoms with Crippen LogP contribution < -0.4 is 0 Å². The van der Waals surface area contributed by atoms with Gasteiger partial charge in [-0.05, 0) is 0 Å². The van der Waals surface area contributed by atoms with E-state index in [9.17, 15) is 0 Å². The van der Waals surface area contributed by atoms with Crippen LogP contribution in [0.4, 0.5) is 0 Å². The van der Waals surface area contributed by atoms with E-state index in [0.717, 1.165) is 0 Å². The fraction of sp³-hybridized carbons (Fsp3) is 0. The van der Waals surface area contributed by atoms with Gasteiger partial charge in [0.25, 0.3) is 0 Å². The monoisotopic (exact) mass is 425 g/mol. The van der Waals surface area contributed by atoms with E-state index >= 15 is 0 Å². The Morgan fingerprint density at radius 1 is 1.30 bits per heavy atom. The molecule has 0 spiro atoms. The maximum atomic E-state index is 4.04. The summed E-state index contributed by atoms with van der Waals surface area (Å²) < 4.78 is 4.04. The fourth-order valence-corrected chi connectivity index (χ4v) is 0.102. The second-order valence-corrected chi connectivity index (χ2v) is 0.486. The van der Waals surface area contributed by atoms with Crippen LogP contribution in [0.15, 0.2) is 4.52 Å². The molecule has 0 saturated carbocycles. The average molecular weight is 425 g/mol. The fourth-order valence-electron chi connectivity index (χ4n) is 0.102. The first-order valence-electron chi connectivity index (χ1n) is 1.06. The summed E-state index contributed by atoms with van der Waals surface area (Å²) in [5.74, 6) is 0. The number of nitrogens with zero attached hydrogens (tertiary/aromatic N) is 2. The summed E-state index contributed by atoms with van der Waals surface area (Å²) in [5.41, 5.74) is 0. The summed E-state index contributed by atoms with van der Waals surface area (Å²) in [7, 11) is 0. The van der Waals surface area contributed by atoms with Gasteiger partial charge in [0.2, 0.25) is 0 Å². The number of aromatic nitrogens is 2. The van der Waals surface area contributed by atoms with Crippen LogP contribution in [0, 0.1) is 20.1 Å². The van der Waals surface area contributed by atoms with Crippen molar-refractivity contribution in [2.45, 2.75) is 0 Å². The molecule has 0 aliphatic heterocycles. The Labute approximate surface area is 111 Å². The van der Waals surface area contributed by atoms with Gasteiger partial charge in [-0.1, -0.05) is 0 Å². The molecular formula is C3H5N2O2VWY-3. The van der Waals surface area contributed by atoms with Gasteiger partial charge in [0.1, 0.15) is 0 Å². The largest absolute Gasteiger partial charge is 0.618 e. The van der Waals surface area contributed by atoms with Crippen molar-refractivity contribution >= 4 is 0 Å². The standard InChI is InChI=1S/C2N2O.CH3.H2O.V.W.Y/c1-3-2-5-4-1;;;;;/h;1H3;1H2;;;/q-2;-1;;;;. The van der Waals surface area contributed by atoms with Gasteiger partial charge < -0.3 is 27.6 Å². The van der Waals surface area contributed by atoms with Crippen molar-refractivity contribution in [1.29, 1.82) is 0 Å². The second kappa shape index (κ2) is 22.4. The van der Waals surface area contributed by atoms with Gasteiger partial charge in [-0.25, -0.2) is 6.39 Å². The molecule has 0 atom stereocenters. The summed E-state index contributed by atoms with van der Waals surface area (Å²) in [6.07, 6.45) is 4.21. The van der Waals surface area contributed by atoms with E-state index in [1.165, 1.54) is 0 Å². The molecule has 0 amide bonds. The Morgan fingerprint density at radius 3 is 1.90 bits per heavy atom. The Morgan fingerprint density at radius 2 is 1.80 bits per heavy atom. The van der Waals surface area contributed by atoms with Gasteiger partial charge >= 0.3 is 0 Å². The van der Waals surface area contributed by atoms with E-state index in [1.807, 2.05) is 0 Å². The maximum Gasteiger partial charge on any atom is 0 e. The Bertz CT molecular complexity index is 81.0. The zero-order valence-electron chi connectivity index (χ0n) is 5.24. The Hall–Kier alpha value is 1.48. The molecule has 10 heavy (non-hydrogen) atoms. The molecule has 0 saturated heterocycles. The second-order valence-electron chi connectivity index (χ2n) is 0.486. The number of rotatable bonds is 0. The van der Waals surface area contributed by atoms with E-state index in [2.05, 4.69) is 27.4 Å². The van der Waals surface area contributed by atoms with Crippen LogP contribution in [0.5, 0.6) is 0 Å². The number of hydrogen-bond acceptors (Lipinski definition) is 3. The molecule has 1 aromatic heterocycles. The molecule has 0 unspecified atom stereocenters. The van der Waals surface area contributed by atoms with Gasteiger partial charge in [0.15, 0.2) is 0 Å². The summed E-state index contributed by atoms with van der Waals surface area (Å²) in [6.45, 7) is 0. The van der Waals surface area contributed by atoms with Gasteiger partial charge in [-0.3, -0.25) is 6.33 Å². The minimum atomic E-state index is 0. The smallest absolute Gasteiger partial charge is 0 e. The third-order valence-corrected chi connectivity index (χ3v) is 0.223. The predicted molar refractivity (Wildman–Crippen MR) is 22.0 cm³/mol. The molecule has 0 aliphatic carbocycles. The van der Waals surface area contributed by atoms with Gasteiger partial charge in [0.05, 0.1) is 0 Å². The van der Waals surface area contributed by atoms with Crippen LogP contribution in [0.1, 0.15) is 0 Å². The third-order valence-electron chi connectivity index (χ3n) is 0.223. The molecule has 0 fully saturated rings. The maximum absolute atomic E-state index is 4.04. The normalized spacial score (nSPS) is 4.00. The van der Waals surface area contributed by atoms with Crippen LogP contribution in [0.3, 0.4) is 0 Å². The molecule has 4 nitrogen and oxygen atoms in total. The van der Waals surface area contributed by atoms with Gasteiger partial charge in [-0.2, -0.15) is 0 Å². The van der Waals surface area contributed by atoms with Gasteiger partial charge in [-0.15, -0.1) is 0 Å². The first-order valence-corrected chi connectivity index (χ1v) is 1.06. The quantitative estimate of drug-likeness (QED) is 0.517. The van der Waals surface area contributed by atoms with Crippen LogP contribution in [0.2, 0.25) is 0 Å². The van der Waals surface area contributed by atoms with Crippen LogP contribution in [0.25, 0.3) is 0 Å². The van der Waals surface area contributed by atoms with Crippen molar-refractivity contribution in [3.05, 3.63) is 20.1 Å². The first-order chi connectivity index (χ1) is 2.50. The number of hydrogen-bond donors (Lipinski definition) is 0. The van der Waals surface area contributed by atoms with E-state index in [-0.39, 0.29) is 85.2 Å². The van der Waals surface area contributed by atoms with Crippen LogP contribution >= 0.6 is 0 Å². The SMILES string of the molecule is O.[CH3-].[V].[W].[Y].[c-]1n[c-]on1. The van der Waals surface area contributed by atoms with Crippen LogP contribution in [-0.2, 0) is 72.3 Å². The van der Waals surface area contributed by atoms with Crippen molar-refractivity contribution in [3.63, 3.8) is 0 Å². The summed E-state index contributed by atoms with van der Waals surface area (Å²) in [5, 5.41) is 3.06. The molecule has 1 aromatic rings. The van der Waals surface area contributed by atoms with Gasteiger partial charge in [0, 0.05) is 72.3 Å². The molecule has 1 heterocycles. The molecular weight excluding hydrogens is 420 g/mol. The molecule has 0 bridgehead atoms. The van der Waals surface area contributed by atoms with Crippen molar-refractivity contribution in [2.24, 2.45) is 0 Å². The van der Waals surface area contributed by atoms with E-state index < -0.39 is 0 Å². The molecule has 2 radical (unpaired) electrons. The summed E-state index contributed by atoms with van der Waals surface area (Å²) in [6, 6.07) is 0. The molecule has 56 valence electrons. The Balaban J connectivity index is -0.0000000167.